The first-order valence-electron chi connectivity index (χ1n) is 5.15. The summed E-state index contributed by atoms with van der Waals surface area (Å²) < 4.78 is 19.1. The molecule has 17 heavy (non-hydrogen) atoms. The largest absolute Gasteiger partial charge is 0.436 e. The molecular formula is C13H9FN2O. The van der Waals surface area contributed by atoms with E-state index in [4.69, 9.17) is 10.2 Å². The standard InChI is InChI=1S/C13H9FN2O/c14-9-5-2-1-4-8(9)13-16-12-10(15)6-3-7-11(12)17-13/h1-7H,15H2. The van der Waals surface area contributed by atoms with E-state index in [-0.39, 0.29) is 11.7 Å². The van der Waals surface area contributed by atoms with Crippen LogP contribution in [-0.2, 0) is 0 Å². The van der Waals surface area contributed by atoms with Crippen molar-refractivity contribution in [3.63, 3.8) is 0 Å². The van der Waals surface area contributed by atoms with Crippen LogP contribution in [0, 0.1) is 5.82 Å². The quantitative estimate of drug-likeness (QED) is 0.650. The van der Waals surface area contributed by atoms with Gasteiger partial charge in [-0.25, -0.2) is 9.37 Å². The summed E-state index contributed by atoms with van der Waals surface area (Å²) in [4.78, 5) is 4.21. The molecule has 0 bridgehead atoms. The molecular weight excluding hydrogens is 219 g/mol. The highest BCUT2D eigenvalue weighted by molar-refractivity contribution is 5.87. The molecule has 3 aromatic rings. The van der Waals surface area contributed by atoms with Crippen molar-refractivity contribution in [3.05, 3.63) is 48.3 Å². The van der Waals surface area contributed by atoms with Gasteiger partial charge in [-0.05, 0) is 24.3 Å². The minimum Gasteiger partial charge on any atom is -0.436 e. The predicted octanol–water partition coefficient (Wildman–Crippen LogP) is 3.22. The van der Waals surface area contributed by atoms with Crippen LogP contribution in [-0.4, -0.2) is 4.98 Å². The molecule has 0 aliphatic heterocycles. The minimum atomic E-state index is -0.363. The van der Waals surface area contributed by atoms with Gasteiger partial charge in [-0.1, -0.05) is 18.2 Å². The van der Waals surface area contributed by atoms with Gasteiger partial charge >= 0.3 is 0 Å². The Morgan fingerprint density at radius 3 is 2.65 bits per heavy atom. The third-order valence-corrected chi connectivity index (χ3v) is 2.55. The maximum atomic E-state index is 13.6. The SMILES string of the molecule is Nc1cccc2oc(-c3ccccc3F)nc12. The van der Waals surface area contributed by atoms with Gasteiger partial charge in [0.05, 0.1) is 11.3 Å². The number of hydrogen-bond donors (Lipinski definition) is 1. The molecule has 3 rings (SSSR count). The van der Waals surface area contributed by atoms with Crippen LogP contribution in [0.25, 0.3) is 22.6 Å². The molecule has 0 aliphatic carbocycles. The Morgan fingerprint density at radius 2 is 1.88 bits per heavy atom. The van der Waals surface area contributed by atoms with E-state index in [0.29, 0.717) is 22.4 Å². The molecule has 0 saturated carbocycles. The number of para-hydroxylation sites is 1. The van der Waals surface area contributed by atoms with Crippen LogP contribution in [0.5, 0.6) is 0 Å². The molecule has 0 amide bonds. The Hall–Kier alpha value is -2.36. The van der Waals surface area contributed by atoms with Crippen molar-refractivity contribution in [2.24, 2.45) is 0 Å². The first-order chi connectivity index (χ1) is 8.25. The van der Waals surface area contributed by atoms with E-state index in [2.05, 4.69) is 4.98 Å². The molecule has 2 aromatic carbocycles. The summed E-state index contributed by atoms with van der Waals surface area (Å²) in [6, 6.07) is 11.6. The number of halogens is 1. The van der Waals surface area contributed by atoms with Gasteiger partial charge in [-0.2, -0.15) is 0 Å². The summed E-state index contributed by atoms with van der Waals surface area (Å²) in [5.74, 6) is -0.117. The van der Waals surface area contributed by atoms with Crippen molar-refractivity contribution < 1.29 is 8.81 Å². The summed E-state index contributed by atoms with van der Waals surface area (Å²) in [6.45, 7) is 0. The fourth-order valence-electron chi connectivity index (χ4n) is 1.72. The summed E-state index contributed by atoms with van der Waals surface area (Å²) >= 11 is 0. The number of oxazole rings is 1. The third-order valence-electron chi connectivity index (χ3n) is 2.55. The molecule has 0 saturated heterocycles. The molecule has 1 heterocycles. The zero-order chi connectivity index (χ0) is 11.8. The van der Waals surface area contributed by atoms with E-state index in [0.717, 1.165) is 0 Å². The van der Waals surface area contributed by atoms with Crippen LogP contribution >= 0.6 is 0 Å². The van der Waals surface area contributed by atoms with Crippen LogP contribution in [0.2, 0.25) is 0 Å². The van der Waals surface area contributed by atoms with Crippen molar-refractivity contribution in [1.82, 2.24) is 4.98 Å². The Labute approximate surface area is 96.7 Å². The van der Waals surface area contributed by atoms with Crippen LogP contribution in [0.15, 0.2) is 46.9 Å². The Balaban J connectivity index is 2.26. The smallest absolute Gasteiger partial charge is 0.230 e. The van der Waals surface area contributed by atoms with Gasteiger partial charge in [0.2, 0.25) is 5.89 Å². The van der Waals surface area contributed by atoms with E-state index in [1.54, 1.807) is 36.4 Å². The first kappa shape index (κ1) is 9.84. The lowest BCUT2D eigenvalue weighted by atomic mass is 10.2. The number of benzene rings is 2. The van der Waals surface area contributed by atoms with Crippen LogP contribution in [0.4, 0.5) is 10.1 Å². The lowest BCUT2D eigenvalue weighted by molar-refractivity contribution is 0.593. The highest BCUT2D eigenvalue weighted by Crippen LogP contribution is 2.28. The van der Waals surface area contributed by atoms with Gasteiger partial charge in [0, 0.05) is 0 Å². The van der Waals surface area contributed by atoms with Gasteiger partial charge in [-0.15, -0.1) is 0 Å². The zero-order valence-electron chi connectivity index (χ0n) is 8.85. The van der Waals surface area contributed by atoms with E-state index < -0.39 is 0 Å². The molecule has 0 fully saturated rings. The van der Waals surface area contributed by atoms with Crippen LogP contribution < -0.4 is 5.73 Å². The average Bonchev–Trinajstić information content (AvgIpc) is 2.75. The normalized spacial score (nSPS) is 10.9. The Morgan fingerprint density at radius 1 is 1.06 bits per heavy atom. The molecule has 3 nitrogen and oxygen atoms in total. The molecule has 0 atom stereocenters. The lowest BCUT2D eigenvalue weighted by Gasteiger charge is -1.95. The number of rotatable bonds is 1. The molecule has 0 radical (unpaired) electrons. The minimum absolute atomic E-state index is 0.246. The topological polar surface area (TPSA) is 52.0 Å². The highest BCUT2D eigenvalue weighted by Gasteiger charge is 2.12. The monoisotopic (exact) mass is 228 g/mol. The summed E-state index contributed by atoms with van der Waals surface area (Å²) in [7, 11) is 0. The van der Waals surface area contributed by atoms with Crippen LogP contribution in [0.1, 0.15) is 0 Å². The van der Waals surface area contributed by atoms with E-state index in [1.165, 1.54) is 6.07 Å². The summed E-state index contributed by atoms with van der Waals surface area (Å²) in [6.07, 6.45) is 0. The number of anilines is 1. The predicted molar refractivity (Wildman–Crippen MR) is 63.8 cm³/mol. The van der Waals surface area contributed by atoms with Gasteiger partial charge in [0.25, 0.3) is 0 Å². The third kappa shape index (κ3) is 1.54. The van der Waals surface area contributed by atoms with Crippen molar-refractivity contribution in [3.8, 4) is 11.5 Å². The highest BCUT2D eigenvalue weighted by atomic mass is 19.1. The number of nitrogens with two attached hydrogens (primary N) is 1. The maximum absolute atomic E-state index is 13.6. The molecule has 4 heteroatoms. The van der Waals surface area contributed by atoms with Crippen molar-refractivity contribution >= 4 is 16.8 Å². The number of aromatic nitrogens is 1. The van der Waals surface area contributed by atoms with E-state index in [1.807, 2.05) is 0 Å². The molecule has 0 unspecified atom stereocenters. The average molecular weight is 228 g/mol. The number of hydrogen-bond acceptors (Lipinski definition) is 3. The number of nitrogens with zero attached hydrogens (tertiary/aromatic N) is 1. The van der Waals surface area contributed by atoms with E-state index in [9.17, 15) is 4.39 Å². The van der Waals surface area contributed by atoms with Gasteiger partial charge < -0.3 is 10.2 Å². The fraction of sp³-hybridized carbons (Fsp3) is 0. The number of nitrogen functional groups attached to an aromatic ring is 1. The second kappa shape index (κ2) is 3.59. The van der Waals surface area contributed by atoms with Gasteiger partial charge in [0.1, 0.15) is 11.3 Å². The lowest BCUT2D eigenvalue weighted by Crippen LogP contribution is -1.86. The first-order valence-corrected chi connectivity index (χ1v) is 5.15. The van der Waals surface area contributed by atoms with Crippen molar-refractivity contribution in [2.75, 3.05) is 5.73 Å². The maximum Gasteiger partial charge on any atom is 0.230 e. The van der Waals surface area contributed by atoms with E-state index >= 15 is 0 Å². The van der Waals surface area contributed by atoms with Crippen LogP contribution in [0.3, 0.4) is 0 Å². The second-order valence-electron chi connectivity index (χ2n) is 3.69. The van der Waals surface area contributed by atoms with Crippen molar-refractivity contribution in [1.29, 1.82) is 0 Å². The Kier molecular flexibility index (Phi) is 2.08. The molecule has 2 N–H and O–H groups in total. The molecule has 84 valence electrons. The Bertz CT molecular complexity index is 691. The second-order valence-corrected chi connectivity index (χ2v) is 3.69. The number of fused-ring (bicyclic) bond motifs is 1. The fourth-order valence-corrected chi connectivity index (χ4v) is 1.72. The van der Waals surface area contributed by atoms with Gasteiger partial charge in [-0.3, -0.25) is 0 Å². The van der Waals surface area contributed by atoms with Crippen molar-refractivity contribution in [2.45, 2.75) is 0 Å². The summed E-state index contributed by atoms with van der Waals surface area (Å²) in [5, 5.41) is 0. The zero-order valence-corrected chi connectivity index (χ0v) is 8.85. The molecule has 0 spiro atoms. The molecule has 1 aromatic heterocycles. The van der Waals surface area contributed by atoms with Gasteiger partial charge in [0.15, 0.2) is 5.58 Å². The summed E-state index contributed by atoms with van der Waals surface area (Å²) in [5.41, 5.74) is 7.75. The molecule has 0 aliphatic rings.